The van der Waals surface area contributed by atoms with Gasteiger partial charge >= 0.3 is 0 Å². The number of hydrogen-bond donors (Lipinski definition) is 1. The van der Waals surface area contributed by atoms with E-state index >= 15 is 0 Å². The first kappa shape index (κ1) is 12.2. The Kier molecular flexibility index (Phi) is 3.36. The van der Waals surface area contributed by atoms with Crippen LogP contribution in [0.2, 0.25) is 0 Å². The van der Waals surface area contributed by atoms with Crippen LogP contribution in [0.25, 0.3) is 11.3 Å². The van der Waals surface area contributed by atoms with E-state index in [9.17, 15) is 4.39 Å². The van der Waals surface area contributed by atoms with Gasteiger partial charge in [-0.1, -0.05) is 5.16 Å². The minimum atomic E-state index is -0.610. The molecule has 0 fully saturated rings. The standard InChI is InChI=1S/C12H13FN2O3/c1-16-10-4-7(6-13)3-8(12(10)17-2)9-5-11(14)18-15-9/h3-5H,6,14H2,1-2H3. The Labute approximate surface area is 103 Å². The normalized spacial score (nSPS) is 10.4. The number of nitrogen functional groups attached to an aromatic ring is 1. The highest BCUT2D eigenvalue weighted by atomic mass is 19.1. The fraction of sp³-hybridized carbons (Fsp3) is 0.250. The van der Waals surface area contributed by atoms with Gasteiger partial charge in [0.15, 0.2) is 11.5 Å². The lowest BCUT2D eigenvalue weighted by Gasteiger charge is -2.12. The van der Waals surface area contributed by atoms with Crippen molar-refractivity contribution in [2.45, 2.75) is 6.67 Å². The highest BCUT2D eigenvalue weighted by molar-refractivity contribution is 5.73. The van der Waals surface area contributed by atoms with Crippen LogP contribution in [0.4, 0.5) is 10.3 Å². The molecule has 0 amide bonds. The van der Waals surface area contributed by atoms with Gasteiger partial charge in [-0.2, -0.15) is 0 Å². The lowest BCUT2D eigenvalue weighted by Crippen LogP contribution is -1.95. The smallest absolute Gasteiger partial charge is 0.222 e. The molecule has 6 heteroatoms. The predicted octanol–water partition coefficient (Wildman–Crippen LogP) is 2.41. The molecule has 0 radical (unpaired) electrons. The van der Waals surface area contributed by atoms with Crippen LogP contribution < -0.4 is 15.2 Å². The Morgan fingerprint density at radius 3 is 2.56 bits per heavy atom. The molecule has 96 valence electrons. The van der Waals surface area contributed by atoms with Crippen LogP contribution in [0.1, 0.15) is 5.56 Å². The van der Waals surface area contributed by atoms with Crippen LogP contribution in [0.3, 0.4) is 0 Å². The first-order valence-corrected chi connectivity index (χ1v) is 5.23. The van der Waals surface area contributed by atoms with Crippen LogP contribution >= 0.6 is 0 Å². The number of anilines is 1. The molecule has 0 aliphatic heterocycles. The lowest BCUT2D eigenvalue weighted by molar-refractivity contribution is 0.354. The average Bonchev–Trinajstić information content (AvgIpc) is 2.83. The van der Waals surface area contributed by atoms with Crippen molar-refractivity contribution in [1.82, 2.24) is 5.16 Å². The zero-order chi connectivity index (χ0) is 13.1. The summed E-state index contributed by atoms with van der Waals surface area (Å²) in [6.45, 7) is -0.610. The van der Waals surface area contributed by atoms with Gasteiger partial charge in [0, 0.05) is 6.07 Å². The number of methoxy groups -OCH3 is 2. The summed E-state index contributed by atoms with van der Waals surface area (Å²) in [5.41, 5.74) is 6.98. The fourth-order valence-electron chi connectivity index (χ4n) is 1.71. The number of rotatable bonds is 4. The zero-order valence-electron chi connectivity index (χ0n) is 10.1. The number of aromatic nitrogens is 1. The van der Waals surface area contributed by atoms with Crippen molar-refractivity contribution in [1.29, 1.82) is 0 Å². The predicted molar refractivity (Wildman–Crippen MR) is 64.3 cm³/mol. The maximum atomic E-state index is 12.8. The summed E-state index contributed by atoms with van der Waals surface area (Å²) >= 11 is 0. The van der Waals surface area contributed by atoms with Crippen LogP contribution in [-0.2, 0) is 6.67 Å². The molecule has 2 N–H and O–H groups in total. The van der Waals surface area contributed by atoms with Crippen molar-refractivity contribution < 1.29 is 18.4 Å². The van der Waals surface area contributed by atoms with E-state index in [1.807, 2.05) is 0 Å². The third-order valence-corrected chi connectivity index (χ3v) is 2.50. The maximum absolute atomic E-state index is 12.8. The molecule has 0 unspecified atom stereocenters. The van der Waals surface area contributed by atoms with Crippen LogP contribution in [0.15, 0.2) is 22.7 Å². The number of benzene rings is 1. The van der Waals surface area contributed by atoms with Crippen LogP contribution in [0.5, 0.6) is 11.5 Å². The average molecular weight is 252 g/mol. The number of ether oxygens (including phenoxy) is 2. The second kappa shape index (κ2) is 4.95. The van der Waals surface area contributed by atoms with Crippen molar-refractivity contribution in [3.63, 3.8) is 0 Å². The molecule has 0 saturated carbocycles. The molecule has 0 bridgehead atoms. The van der Waals surface area contributed by atoms with E-state index in [2.05, 4.69) is 5.16 Å². The van der Waals surface area contributed by atoms with Crippen LogP contribution in [-0.4, -0.2) is 19.4 Å². The molecule has 0 aliphatic rings. The van der Waals surface area contributed by atoms with Crippen molar-refractivity contribution >= 4 is 5.88 Å². The van der Waals surface area contributed by atoms with Crippen molar-refractivity contribution in [2.24, 2.45) is 0 Å². The molecule has 1 aromatic carbocycles. The molecule has 0 atom stereocenters. The molecular weight excluding hydrogens is 239 g/mol. The quantitative estimate of drug-likeness (QED) is 0.904. The summed E-state index contributed by atoms with van der Waals surface area (Å²) in [6, 6.07) is 4.74. The second-order valence-corrected chi connectivity index (χ2v) is 3.63. The van der Waals surface area contributed by atoms with Gasteiger partial charge in [0.25, 0.3) is 0 Å². The first-order chi connectivity index (χ1) is 8.69. The number of nitrogens with zero attached hydrogens (tertiary/aromatic N) is 1. The summed E-state index contributed by atoms with van der Waals surface area (Å²) < 4.78 is 28.0. The van der Waals surface area contributed by atoms with Gasteiger partial charge in [0.1, 0.15) is 12.4 Å². The Morgan fingerprint density at radius 2 is 2.06 bits per heavy atom. The number of halogens is 1. The summed E-state index contributed by atoms with van der Waals surface area (Å²) in [6.07, 6.45) is 0. The van der Waals surface area contributed by atoms with E-state index in [1.165, 1.54) is 14.2 Å². The van der Waals surface area contributed by atoms with Crippen molar-refractivity contribution in [3.8, 4) is 22.8 Å². The Balaban J connectivity index is 2.63. The molecule has 5 nitrogen and oxygen atoms in total. The molecule has 0 aliphatic carbocycles. The minimum Gasteiger partial charge on any atom is -0.493 e. The first-order valence-electron chi connectivity index (χ1n) is 5.23. The van der Waals surface area contributed by atoms with Gasteiger partial charge in [0.2, 0.25) is 5.88 Å². The number of hydrogen-bond acceptors (Lipinski definition) is 5. The summed E-state index contributed by atoms with van der Waals surface area (Å²) in [5.74, 6) is 1.07. The summed E-state index contributed by atoms with van der Waals surface area (Å²) in [7, 11) is 2.99. The highest BCUT2D eigenvalue weighted by Crippen LogP contribution is 2.39. The Bertz CT molecular complexity index is 554. The van der Waals surface area contributed by atoms with E-state index in [-0.39, 0.29) is 5.88 Å². The largest absolute Gasteiger partial charge is 0.493 e. The molecule has 2 aromatic rings. The third kappa shape index (κ3) is 2.09. The highest BCUT2D eigenvalue weighted by Gasteiger charge is 2.17. The number of alkyl halides is 1. The molecule has 0 saturated heterocycles. The van der Waals surface area contributed by atoms with E-state index in [1.54, 1.807) is 18.2 Å². The SMILES string of the molecule is COc1cc(CF)cc(-c2cc(N)on2)c1OC. The fourth-order valence-corrected chi connectivity index (χ4v) is 1.71. The van der Waals surface area contributed by atoms with Crippen LogP contribution in [0, 0.1) is 0 Å². The summed E-state index contributed by atoms with van der Waals surface area (Å²) in [5, 5.41) is 3.79. The van der Waals surface area contributed by atoms with Crippen molar-refractivity contribution in [2.75, 3.05) is 20.0 Å². The topological polar surface area (TPSA) is 70.5 Å². The summed E-state index contributed by atoms with van der Waals surface area (Å²) in [4.78, 5) is 0. The van der Waals surface area contributed by atoms with Gasteiger partial charge in [-0.25, -0.2) is 4.39 Å². The number of nitrogens with two attached hydrogens (primary N) is 1. The van der Waals surface area contributed by atoms with Gasteiger partial charge in [-0.05, 0) is 17.7 Å². The van der Waals surface area contributed by atoms with E-state index < -0.39 is 6.67 Å². The van der Waals surface area contributed by atoms with Gasteiger partial charge in [-0.3, -0.25) is 0 Å². The van der Waals surface area contributed by atoms with Crippen molar-refractivity contribution in [3.05, 3.63) is 23.8 Å². The zero-order valence-corrected chi connectivity index (χ0v) is 10.1. The van der Waals surface area contributed by atoms with E-state index in [0.29, 0.717) is 28.3 Å². The molecule has 1 heterocycles. The van der Waals surface area contributed by atoms with Gasteiger partial charge in [-0.15, -0.1) is 0 Å². The van der Waals surface area contributed by atoms with Gasteiger partial charge in [0.05, 0.1) is 19.8 Å². The van der Waals surface area contributed by atoms with E-state index in [4.69, 9.17) is 19.7 Å². The molecular formula is C12H13FN2O3. The molecule has 18 heavy (non-hydrogen) atoms. The monoisotopic (exact) mass is 252 g/mol. The Hall–Kier alpha value is -2.24. The molecule has 2 rings (SSSR count). The van der Waals surface area contributed by atoms with Gasteiger partial charge < -0.3 is 19.7 Å². The van der Waals surface area contributed by atoms with E-state index in [0.717, 1.165) is 0 Å². The lowest BCUT2D eigenvalue weighted by atomic mass is 10.1. The second-order valence-electron chi connectivity index (χ2n) is 3.63. The minimum absolute atomic E-state index is 0.177. The maximum Gasteiger partial charge on any atom is 0.222 e. The molecule has 0 spiro atoms. The molecule has 1 aromatic heterocycles. The Morgan fingerprint density at radius 1 is 1.28 bits per heavy atom. The third-order valence-electron chi connectivity index (χ3n) is 2.50.